The first-order valence-electron chi connectivity index (χ1n) is 5.63. The zero-order chi connectivity index (χ0) is 12.4. The van der Waals surface area contributed by atoms with Crippen molar-refractivity contribution in [3.05, 3.63) is 29.3 Å². The quantitative estimate of drug-likeness (QED) is 0.905. The van der Waals surface area contributed by atoms with Crippen molar-refractivity contribution in [2.45, 2.75) is 26.4 Å². The summed E-state index contributed by atoms with van der Waals surface area (Å²) in [5.41, 5.74) is 0.916. The fourth-order valence-electron chi connectivity index (χ4n) is 1.62. The number of Topliss-reactive ketones (excluding diaryl/α,β-unsaturated/α-hetero) is 1. The van der Waals surface area contributed by atoms with Crippen LogP contribution >= 0.6 is 11.3 Å². The molecular weight excluding hydrogens is 234 g/mol. The number of ketones is 1. The average Bonchev–Trinajstić information content (AvgIpc) is 2.69. The Morgan fingerprint density at radius 3 is 2.76 bits per heavy atom. The van der Waals surface area contributed by atoms with Crippen LogP contribution in [0.25, 0.3) is 10.2 Å². The van der Waals surface area contributed by atoms with Crippen LogP contribution < -0.4 is 0 Å². The largest absolute Gasteiger partial charge is 0.385 e. The molecule has 90 valence electrons. The zero-order valence-corrected chi connectivity index (χ0v) is 10.7. The van der Waals surface area contributed by atoms with Crippen molar-refractivity contribution in [2.75, 3.05) is 0 Å². The summed E-state index contributed by atoms with van der Waals surface area (Å²) in [6.07, 6.45) is -0.666. The molecule has 0 bridgehead atoms. The Balaban J connectivity index is 2.16. The van der Waals surface area contributed by atoms with Crippen LogP contribution in [0.5, 0.6) is 0 Å². The fourth-order valence-corrected chi connectivity index (χ4v) is 2.60. The number of thiazole rings is 1. The van der Waals surface area contributed by atoms with Crippen molar-refractivity contribution in [1.29, 1.82) is 0 Å². The number of aliphatic hydroxyl groups is 1. The standard InChI is InChI=1S/C13H15NO2S/c1-8(2)13(16)10(15)7-12-14-9-5-3-4-6-11(9)17-12/h3-6,8,13,16H,7H2,1-2H3. The molecule has 0 radical (unpaired) electrons. The number of carbonyl (C=O) groups excluding carboxylic acids is 1. The van der Waals surface area contributed by atoms with E-state index in [1.807, 2.05) is 38.1 Å². The van der Waals surface area contributed by atoms with Crippen LogP contribution in [0.4, 0.5) is 0 Å². The van der Waals surface area contributed by atoms with E-state index >= 15 is 0 Å². The Morgan fingerprint density at radius 2 is 2.12 bits per heavy atom. The Hall–Kier alpha value is -1.26. The SMILES string of the molecule is CC(C)C(O)C(=O)Cc1nc2ccccc2s1. The lowest BCUT2D eigenvalue weighted by Crippen LogP contribution is -2.27. The van der Waals surface area contributed by atoms with Gasteiger partial charge in [-0.3, -0.25) is 4.79 Å². The molecule has 1 atom stereocenters. The molecule has 1 unspecified atom stereocenters. The second kappa shape index (κ2) is 4.94. The van der Waals surface area contributed by atoms with Gasteiger partial charge in [-0.1, -0.05) is 26.0 Å². The van der Waals surface area contributed by atoms with Gasteiger partial charge in [-0.15, -0.1) is 11.3 Å². The van der Waals surface area contributed by atoms with Crippen molar-refractivity contribution in [2.24, 2.45) is 5.92 Å². The van der Waals surface area contributed by atoms with Crippen LogP contribution in [0, 0.1) is 5.92 Å². The van der Waals surface area contributed by atoms with Gasteiger partial charge in [0.1, 0.15) is 11.1 Å². The van der Waals surface area contributed by atoms with E-state index < -0.39 is 6.10 Å². The summed E-state index contributed by atoms with van der Waals surface area (Å²) in [7, 11) is 0. The first kappa shape index (κ1) is 12.2. The van der Waals surface area contributed by atoms with Crippen LogP contribution in [-0.4, -0.2) is 22.0 Å². The molecule has 0 aliphatic carbocycles. The number of nitrogens with zero attached hydrogens (tertiary/aromatic N) is 1. The third kappa shape index (κ3) is 2.70. The molecule has 3 nitrogen and oxygen atoms in total. The molecule has 0 aliphatic rings. The summed E-state index contributed by atoms with van der Waals surface area (Å²) < 4.78 is 1.08. The van der Waals surface area contributed by atoms with E-state index in [1.54, 1.807) is 0 Å². The molecule has 0 saturated carbocycles. The molecule has 1 aromatic heterocycles. The molecule has 0 amide bonds. The molecular formula is C13H15NO2S. The second-order valence-corrected chi connectivity index (χ2v) is 5.52. The highest BCUT2D eigenvalue weighted by atomic mass is 32.1. The third-order valence-electron chi connectivity index (χ3n) is 2.62. The van der Waals surface area contributed by atoms with Crippen molar-refractivity contribution in [1.82, 2.24) is 4.98 Å². The fraction of sp³-hybridized carbons (Fsp3) is 0.385. The molecule has 4 heteroatoms. The molecule has 1 heterocycles. The average molecular weight is 249 g/mol. The van der Waals surface area contributed by atoms with Crippen molar-refractivity contribution >= 4 is 27.3 Å². The summed E-state index contributed by atoms with van der Waals surface area (Å²) in [5.74, 6) is -0.198. The predicted molar refractivity (Wildman–Crippen MR) is 69.2 cm³/mol. The van der Waals surface area contributed by atoms with Crippen LogP contribution in [-0.2, 0) is 11.2 Å². The van der Waals surface area contributed by atoms with Crippen molar-refractivity contribution in [3.63, 3.8) is 0 Å². The van der Waals surface area contributed by atoms with Gasteiger partial charge < -0.3 is 5.11 Å². The second-order valence-electron chi connectivity index (χ2n) is 4.41. The van der Waals surface area contributed by atoms with Crippen LogP contribution in [0.15, 0.2) is 24.3 Å². The van der Waals surface area contributed by atoms with E-state index in [0.717, 1.165) is 15.2 Å². The van der Waals surface area contributed by atoms with Gasteiger partial charge in [0.25, 0.3) is 0 Å². The summed E-state index contributed by atoms with van der Waals surface area (Å²) >= 11 is 1.51. The van der Waals surface area contributed by atoms with E-state index in [1.165, 1.54) is 11.3 Å². The Bertz CT molecular complexity index is 500. The number of carbonyl (C=O) groups is 1. The predicted octanol–water partition coefficient (Wildman–Crippen LogP) is 2.42. The minimum atomic E-state index is -0.887. The highest BCUT2D eigenvalue weighted by Gasteiger charge is 2.20. The van der Waals surface area contributed by atoms with Gasteiger partial charge in [0.2, 0.25) is 0 Å². The van der Waals surface area contributed by atoms with Gasteiger partial charge in [0.15, 0.2) is 5.78 Å². The number of rotatable bonds is 4. The Labute approximate surface area is 104 Å². The number of fused-ring (bicyclic) bond motifs is 1. The molecule has 0 aliphatic heterocycles. The monoisotopic (exact) mass is 249 g/mol. The molecule has 2 aromatic rings. The number of aromatic nitrogens is 1. The first-order valence-corrected chi connectivity index (χ1v) is 6.45. The van der Waals surface area contributed by atoms with Gasteiger partial charge in [-0.2, -0.15) is 0 Å². The van der Waals surface area contributed by atoms with Gasteiger partial charge >= 0.3 is 0 Å². The minimum absolute atomic E-state index is 0.0446. The molecule has 1 N–H and O–H groups in total. The number of hydrogen-bond acceptors (Lipinski definition) is 4. The third-order valence-corrected chi connectivity index (χ3v) is 3.66. The number of para-hydroxylation sites is 1. The van der Waals surface area contributed by atoms with Crippen molar-refractivity contribution < 1.29 is 9.90 Å². The van der Waals surface area contributed by atoms with Crippen LogP contribution in [0.1, 0.15) is 18.9 Å². The van der Waals surface area contributed by atoms with Crippen molar-refractivity contribution in [3.8, 4) is 0 Å². The zero-order valence-electron chi connectivity index (χ0n) is 9.88. The van der Waals surface area contributed by atoms with Gasteiger partial charge in [0.05, 0.1) is 16.6 Å². The number of benzene rings is 1. The molecule has 0 fully saturated rings. The lowest BCUT2D eigenvalue weighted by atomic mass is 10.0. The summed E-state index contributed by atoms with van der Waals surface area (Å²) in [6.45, 7) is 3.67. The van der Waals surface area contributed by atoms with Gasteiger partial charge in [0, 0.05) is 0 Å². The lowest BCUT2D eigenvalue weighted by molar-refractivity contribution is -0.128. The Kier molecular flexibility index (Phi) is 3.54. The number of aliphatic hydroxyl groups excluding tert-OH is 1. The molecule has 2 rings (SSSR count). The molecule has 1 aromatic carbocycles. The Morgan fingerprint density at radius 1 is 1.41 bits per heavy atom. The lowest BCUT2D eigenvalue weighted by Gasteiger charge is -2.11. The number of hydrogen-bond donors (Lipinski definition) is 1. The topological polar surface area (TPSA) is 50.2 Å². The normalized spacial score (nSPS) is 13.2. The van der Waals surface area contributed by atoms with E-state index in [-0.39, 0.29) is 18.1 Å². The molecule has 0 spiro atoms. The maximum atomic E-state index is 11.7. The summed E-state index contributed by atoms with van der Waals surface area (Å²) in [5, 5.41) is 10.4. The molecule has 0 saturated heterocycles. The summed E-state index contributed by atoms with van der Waals surface area (Å²) in [4.78, 5) is 16.1. The highest BCUT2D eigenvalue weighted by molar-refractivity contribution is 7.18. The van der Waals surface area contributed by atoms with E-state index in [0.29, 0.717) is 0 Å². The van der Waals surface area contributed by atoms with Crippen LogP contribution in [0.2, 0.25) is 0 Å². The van der Waals surface area contributed by atoms with E-state index in [9.17, 15) is 9.90 Å². The highest BCUT2D eigenvalue weighted by Crippen LogP contribution is 2.22. The van der Waals surface area contributed by atoms with Gasteiger partial charge in [-0.05, 0) is 18.1 Å². The first-order chi connectivity index (χ1) is 8.08. The minimum Gasteiger partial charge on any atom is -0.385 e. The van der Waals surface area contributed by atoms with E-state index in [4.69, 9.17) is 0 Å². The summed E-state index contributed by atoms with van der Waals surface area (Å²) in [6, 6.07) is 7.80. The van der Waals surface area contributed by atoms with Gasteiger partial charge in [-0.25, -0.2) is 4.98 Å². The maximum absolute atomic E-state index is 11.7. The van der Waals surface area contributed by atoms with E-state index in [2.05, 4.69) is 4.98 Å². The smallest absolute Gasteiger partial charge is 0.168 e. The molecule has 17 heavy (non-hydrogen) atoms. The maximum Gasteiger partial charge on any atom is 0.168 e. The van der Waals surface area contributed by atoms with Crippen LogP contribution in [0.3, 0.4) is 0 Å².